The van der Waals surface area contributed by atoms with Crippen LogP contribution in [0.4, 0.5) is 5.69 Å². The second kappa shape index (κ2) is 8.00. The third-order valence-corrected chi connectivity index (χ3v) is 3.47. The highest BCUT2D eigenvalue weighted by Gasteiger charge is 2.15. The Labute approximate surface area is 130 Å². The molecule has 0 radical (unpaired) electrons. The first-order valence-corrected chi connectivity index (χ1v) is 7.30. The molecular weight excluding hydrogens is 290 g/mol. The van der Waals surface area contributed by atoms with Gasteiger partial charge in [0.15, 0.2) is 0 Å². The lowest BCUT2D eigenvalue weighted by molar-refractivity contribution is -0.117. The van der Waals surface area contributed by atoms with E-state index in [1.165, 1.54) is 18.2 Å². The number of halogens is 1. The van der Waals surface area contributed by atoms with Crippen LogP contribution in [0.15, 0.2) is 18.2 Å². The first-order chi connectivity index (χ1) is 9.83. The van der Waals surface area contributed by atoms with Crippen molar-refractivity contribution in [3.8, 4) is 0 Å². The van der Waals surface area contributed by atoms with Crippen molar-refractivity contribution in [1.29, 1.82) is 0 Å². The molecule has 2 amide bonds. The summed E-state index contributed by atoms with van der Waals surface area (Å²) in [5, 5.41) is 3.07. The fourth-order valence-electron chi connectivity index (χ4n) is 2.17. The summed E-state index contributed by atoms with van der Waals surface area (Å²) >= 11 is 6.01. The third kappa shape index (κ3) is 5.73. The molecule has 0 fully saturated rings. The summed E-state index contributed by atoms with van der Waals surface area (Å²) < 4.78 is 0. The fraction of sp³-hybridized carbons (Fsp3) is 0.467. The molecule has 1 unspecified atom stereocenters. The highest BCUT2D eigenvalue weighted by Crippen LogP contribution is 2.24. The van der Waals surface area contributed by atoms with E-state index in [-0.39, 0.29) is 11.8 Å². The predicted octanol–water partition coefficient (Wildman–Crippen LogP) is 2.39. The van der Waals surface area contributed by atoms with E-state index in [4.69, 9.17) is 23.1 Å². The Kier molecular flexibility index (Phi) is 6.65. The van der Waals surface area contributed by atoms with Crippen molar-refractivity contribution in [1.82, 2.24) is 0 Å². The molecule has 21 heavy (non-hydrogen) atoms. The van der Waals surface area contributed by atoms with Crippen molar-refractivity contribution in [2.45, 2.75) is 26.7 Å². The fourth-order valence-corrected chi connectivity index (χ4v) is 2.33. The van der Waals surface area contributed by atoms with Crippen LogP contribution in [0.25, 0.3) is 0 Å². The minimum Gasteiger partial charge on any atom is -0.366 e. The number of amides is 2. The maximum absolute atomic E-state index is 12.1. The van der Waals surface area contributed by atoms with E-state index in [1.54, 1.807) is 0 Å². The molecule has 116 valence electrons. The summed E-state index contributed by atoms with van der Waals surface area (Å²) in [6.45, 7) is 4.64. The molecule has 0 aromatic heterocycles. The number of hydrogen-bond acceptors (Lipinski definition) is 3. The van der Waals surface area contributed by atoms with Crippen molar-refractivity contribution in [2.24, 2.45) is 23.3 Å². The molecule has 5 N–H and O–H groups in total. The second-order valence-corrected chi connectivity index (χ2v) is 5.95. The van der Waals surface area contributed by atoms with Gasteiger partial charge in [0.1, 0.15) is 0 Å². The minimum absolute atomic E-state index is 0.128. The smallest absolute Gasteiger partial charge is 0.248 e. The zero-order valence-electron chi connectivity index (χ0n) is 12.4. The minimum atomic E-state index is -0.568. The van der Waals surface area contributed by atoms with Crippen LogP contribution in [0.2, 0.25) is 5.02 Å². The number of carbonyl (C=O) groups excluding carboxylic acids is 2. The molecule has 0 heterocycles. The Balaban J connectivity index is 2.74. The van der Waals surface area contributed by atoms with Gasteiger partial charge in [0.2, 0.25) is 11.8 Å². The van der Waals surface area contributed by atoms with E-state index in [1.807, 2.05) is 0 Å². The van der Waals surface area contributed by atoms with Crippen molar-refractivity contribution in [2.75, 3.05) is 11.9 Å². The van der Waals surface area contributed by atoms with Crippen LogP contribution in [0, 0.1) is 11.8 Å². The predicted molar refractivity (Wildman–Crippen MR) is 85.2 cm³/mol. The van der Waals surface area contributed by atoms with E-state index in [9.17, 15) is 9.59 Å². The lowest BCUT2D eigenvalue weighted by atomic mass is 9.94. The number of nitrogens with one attached hydrogen (secondary N) is 1. The zero-order chi connectivity index (χ0) is 16.0. The van der Waals surface area contributed by atoms with E-state index >= 15 is 0 Å². The van der Waals surface area contributed by atoms with Gasteiger partial charge in [-0.2, -0.15) is 0 Å². The lowest BCUT2D eigenvalue weighted by Crippen LogP contribution is -2.23. The Morgan fingerprint density at radius 3 is 2.52 bits per heavy atom. The summed E-state index contributed by atoms with van der Waals surface area (Å²) in [5.74, 6) is -0.132. The number of nitrogens with two attached hydrogens (primary N) is 2. The van der Waals surface area contributed by atoms with Gasteiger partial charge in [-0.3, -0.25) is 9.59 Å². The molecule has 0 saturated carbocycles. The van der Waals surface area contributed by atoms with Crippen LogP contribution in [0.5, 0.6) is 0 Å². The average Bonchev–Trinajstić information content (AvgIpc) is 2.39. The van der Waals surface area contributed by atoms with Gasteiger partial charge < -0.3 is 16.8 Å². The average molecular weight is 312 g/mol. The molecule has 1 rings (SSSR count). The highest BCUT2D eigenvalue weighted by atomic mass is 35.5. The summed E-state index contributed by atoms with van der Waals surface area (Å²) in [4.78, 5) is 23.2. The number of anilines is 1. The summed E-state index contributed by atoms with van der Waals surface area (Å²) in [5.41, 5.74) is 11.6. The molecule has 0 bridgehead atoms. The second-order valence-electron chi connectivity index (χ2n) is 5.54. The van der Waals surface area contributed by atoms with Gasteiger partial charge >= 0.3 is 0 Å². The van der Waals surface area contributed by atoms with Crippen molar-refractivity contribution >= 4 is 29.1 Å². The van der Waals surface area contributed by atoms with Gasteiger partial charge in [-0.15, -0.1) is 0 Å². The summed E-state index contributed by atoms with van der Waals surface area (Å²) in [6.07, 6.45) is 1.21. The number of benzene rings is 1. The SMILES string of the molecule is CC(C)CC(CN)CC(=O)Nc1cc(C(N)=O)ccc1Cl. The zero-order valence-corrected chi connectivity index (χ0v) is 13.1. The molecule has 0 saturated heterocycles. The monoisotopic (exact) mass is 311 g/mol. The van der Waals surface area contributed by atoms with Crippen molar-refractivity contribution in [3.63, 3.8) is 0 Å². The Hall–Kier alpha value is -1.59. The number of primary amides is 1. The molecule has 0 aliphatic heterocycles. The van der Waals surface area contributed by atoms with Gasteiger partial charge in [0.25, 0.3) is 0 Å². The molecule has 0 aliphatic rings. The van der Waals surface area contributed by atoms with Crippen LogP contribution in [0.3, 0.4) is 0 Å². The first kappa shape index (κ1) is 17.5. The molecule has 0 aliphatic carbocycles. The molecule has 1 aromatic rings. The molecular formula is C15H22ClN3O2. The van der Waals surface area contributed by atoms with Crippen LogP contribution < -0.4 is 16.8 Å². The Morgan fingerprint density at radius 2 is 2.00 bits per heavy atom. The molecule has 0 spiro atoms. The third-order valence-electron chi connectivity index (χ3n) is 3.14. The van der Waals surface area contributed by atoms with Crippen LogP contribution in [-0.2, 0) is 4.79 Å². The topological polar surface area (TPSA) is 98.2 Å². The lowest BCUT2D eigenvalue weighted by Gasteiger charge is -2.17. The highest BCUT2D eigenvalue weighted by molar-refractivity contribution is 6.33. The maximum atomic E-state index is 12.1. The standard InChI is InChI=1S/C15H22ClN3O2/c1-9(2)5-10(8-17)6-14(20)19-13-7-11(15(18)21)3-4-12(13)16/h3-4,7,9-10H,5-6,8,17H2,1-2H3,(H2,18,21)(H,19,20). The van der Waals surface area contributed by atoms with Crippen LogP contribution >= 0.6 is 11.6 Å². The van der Waals surface area contributed by atoms with E-state index in [0.29, 0.717) is 35.2 Å². The maximum Gasteiger partial charge on any atom is 0.248 e. The number of carbonyl (C=O) groups is 2. The molecule has 6 heteroatoms. The van der Waals surface area contributed by atoms with Gasteiger partial charge in [-0.25, -0.2) is 0 Å². The largest absolute Gasteiger partial charge is 0.366 e. The van der Waals surface area contributed by atoms with Gasteiger partial charge in [-0.1, -0.05) is 25.4 Å². The molecule has 5 nitrogen and oxygen atoms in total. The van der Waals surface area contributed by atoms with E-state index in [0.717, 1.165) is 6.42 Å². The summed E-state index contributed by atoms with van der Waals surface area (Å²) in [6, 6.07) is 4.52. The summed E-state index contributed by atoms with van der Waals surface area (Å²) in [7, 11) is 0. The Morgan fingerprint density at radius 1 is 1.33 bits per heavy atom. The van der Waals surface area contributed by atoms with Gasteiger partial charge in [-0.05, 0) is 43.0 Å². The van der Waals surface area contributed by atoms with E-state index < -0.39 is 5.91 Å². The number of hydrogen-bond donors (Lipinski definition) is 3. The quantitative estimate of drug-likeness (QED) is 0.721. The number of rotatable bonds is 7. The van der Waals surface area contributed by atoms with Crippen molar-refractivity contribution in [3.05, 3.63) is 28.8 Å². The van der Waals surface area contributed by atoms with E-state index in [2.05, 4.69) is 19.2 Å². The van der Waals surface area contributed by atoms with Gasteiger partial charge in [0, 0.05) is 12.0 Å². The van der Waals surface area contributed by atoms with Crippen LogP contribution in [0.1, 0.15) is 37.0 Å². The van der Waals surface area contributed by atoms with Crippen molar-refractivity contribution < 1.29 is 9.59 Å². The van der Waals surface area contributed by atoms with Gasteiger partial charge in [0.05, 0.1) is 10.7 Å². The Bertz CT molecular complexity index is 518. The molecule has 1 atom stereocenters. The molecule has 1 aromatic carbocycles. The van der Waals surface area contributed by atoms with Crippen LogP contribution in [-0.4, -0.2) is 18.4 Å². The first-order valence-electron chi connectivity index (χ1n) is 6.92. The normalized spacial score (nSPS) is 12.2.